The monoisotopic (exact) mass is 421 g/mol. The molecule has 1 N–H and O–H groups in total. The summed E-state index contributed by atoms with van der Waals surface area (Å²) in [6, 6.07) is 3.84. The molecule has 2 aliphatic heterocycles. The molecule has 2 aromatic rings. The lowest BCUT2D eigenvalue weighted by molar-refractivity contribution is -0.911. The van der Waals surface area contributed by atoms with E-state index in [2.05, 4.69) is 22.3 Å². The largest absolute Gasteiger partial charge is 0.493 e. The van der Waals surface area contributed by atoms with Crippen LogP contribution in [0.4, 0.5) is 0 Å². The summed E-state index contributed by atoms with van der Waals surface area (Å²) in [5.41, 5.74) is 0.741. The highest BCUT2D eigenvalue weighted by Gasteiger charge is 2.24. The first kappa shape index (κ1) is 20.6. The van der Waals surface area contributed by atoms with Crippen molar-refractivity contribution >= 4 is 22.5 Å². The predicted octanol–water partition coefficient (Wildman–Crippen LogP) is 2.66. The molecular formula is C21H30ClN4O3+. The Balaban J connectivity index is 1.44. The molecule has 1 aromatic heterocycles. The van der Waals surface area contributed by atoms with E-state index in [1.807, 2.05) is 12.1 Å². The van der Waals surface area contributed by atoms with Crippen LogP contribution in [0.1, 0.15) is 19.3 Å². The number of fused-ring (bicyclic) bond motifs is 1. The second-order valence-corrected chi connectivity index (χ2v) is 8.51. The van der Waals surface area contributed by atoms with Crippen molar-refractivity contribution in [3.63, 3.8) is 0 Å². The Morgan fingerprint density at radius 1 is 1.21 bits per heavy atom. The van der Waals surface area contributed by atoms with Gasteiger partial charge < -0.3 is 24.0 Å². The molecule has 0 amide bonds. The van der Waals surface area contributed by atoms with Crippen molar-refractivity contribution in [1.82, 2.24) is 15.3 Å². The highest BCUT2D eigenvalue weighted by molar-refractivity contribution is 6.34. The van der Waals surface area contributed by atoms with Gasteiger partial charge in [-0.25, -0.2) is 9.97 Å². The van der Waals surface area contributed by atoms with E-state index in [1.165, 1.54) is 19.4 Å². The second kappa shape index (κ2) is 9.43. The van der Waals surface area contributed by atoms with Gasteiger partial charge in [0.05, 0.1) is 57.4 Å². The van der Waals surface area contributed by atoms with Gasteiger partial charge in [-0.05, 0) is 0 Å². The molecular weight excluding hydrogens is 392 g/mol. The molecule has 29 heavy (non-hydrogen) atoms. The van der Waals surface area contributed by atoms with E-state index in [0.29, 0.717) is 17.5 Å². The van der Waals surface area contributed by atoms with Crippen LogP contribution in [0, 0.1) is 0 Å². The van der Waals surface area contributed by atoms with Gasteiger partial charge in [-0.1, -0.05) is 11.6 Å². The van der Waals surface area contributed by atoms with Gasteiger partial charge in [0.1, 0.15) is 29.1 Å². The van der Waals surface area contributed by atoms with Crippen molar-refractivity contribution in [2.75, 3.05) is 59.6 Å². The minimum Gasteiger partial charge on any atom is -0.493 e. The number of hydrogen-bond acceptors (Lipinski definition) is 6. The number of aromatic nitrogens is 2. The van der Waals surface area contributed by atoms with Crippen molar-refractivity contribution in [2.24, 2.45) is 0 Å². The molecule has 4 rings (SSSR count). The van der Waals surface area contributed by atoms with Crippen LogP contribution in [0.3, 0.4) is 0 Å². The second-order valence-electron chi connectivity index (χ2n) is 8.15. The molecule has 8 heteroatoms. The quantitative estimate of drug-likeness (QED) is 0.421. The molecule has 158 valence electrons. The molecule has 0 bridgehead atoms. The summed E-state index contributed by atoms with van der Waals surface area (Å²) in [7, 11) is 2.33. The van der Waals surface area contributed by atoms with Crippen molar-refractivity contribution < 1.29 is 18.7 Å². The van der Waals surface area contributed by atoms with Gasteiger partial charge >= 0.3 is 0 Å². The summed E-state index contributed by atoms with van der Waals surface area (Å²) in [5.74, 6) is 1.45. The molecule has 0 spiro atoms. The van der Waals surface area contributed by atoms with E-state index < -0.39 is 0 Å². The summed E-state index contributed by atoms with van der Waals surface area (Å²) in [5, 5.41) is 4.57. The number of likely N-dealkylation sites (N-methyl/N-ethyl adjacent to an activating group) is 1. The zero-order chi connectivity index (χ0) is 20.1. The predicted molar refractivity (Wildman–Crippen MR) is 113 cm³/mol. The zero-order valence-electron chi connectivity index (χ0n) is 17.0. The number of nitrogens with zero attached hydrogens (tertiary/aromatic N) is 3. The Morgan fingerprint density at radius 3 is 2.79 bits per heavy atom. The number of piperazine rings is 1. The smallest absolute Gasteiger partial charge is 0.144 e. The maximum atomic E-state index is 6.36. The molecule has 2 aliphatic rings. The number of ether oxygens (including phenoxy) is 3. The Hall–Kier alpha value is -1.67. The van der Waals surface area contributed by atoms with Gasteiger partial charge in [-0.15, -0.1) is 0 Å². The lowest BCUT2D eigenvalue weighted by atomic mass is 10.1. The van der Waals surface area contributed by atoms with E-state index in [-0.39, 0.29) is 6.10 Å². The first-order valence-electron chi connectivity index (χ1n) is 10.5. The number of quaternary nitrogens is 1. The minimum absolute atomic E-state index is 0.107. The van der Waals surface area contributed by atoms with Gasteiger partial charge in [0.2, 0.25) is 0 Å². The van der Waals surface area contributed by atoms with Crippen LogP contribution < -0.4 is 14.8 Å². The maximum Gasteiger partial charge on any atom is 0.144 e. The maximum absolute atomic E-state index is 6.36. The molecule has 0 aliphatic carbocycles. The Bertz CT molecular complexity index is 823. The van der Waals surface area contributed by atoms with Crippen molar-refractivity contribution in [1.29, 1.82) is 0 Å². The zero-order valence-corrected chi connectivity index (χ0v) is 17.8. The summed E-state index contributed by atoms with van der Waals surface area (Å²) in [4.78, 5) is 8.51. The van der Waals surface area contributed by atoms with E-state index >= 15 is 0 Å². The lowest BCUT2D eigenvalue weighted by Crippen LogP contribution is -2.56. The fourth-order valence-corrected chi connectivity index (χ4v) is 4.27. The normalized spacial score (nSPS) is 19.9. The fraction of sp³-hybridized carbons (Fsp3) is 0.619. The third-order valence-corrected chi connectivity index (χ3v) is 6.15. The standard InChI is InChI=1S/C21H30ClN4O3/c1-26(8-5-23-6-9-26)7-2-10-28-17-13-18-20(21(22)25-15-24-18)19(14-17)29-16-3-11-27-12-4-16/h13-16,23H,2-12H2,1H3/q+1. The van der Waals surface area contributed by atoms with Crippen LogP contribution in [0.15, 0.2) is 18.5 Å². The fourth-order valence-electron chi connectivity index (χ4n) is 4.04. The molecule has 3 heterocycles. The van der Waals surface area contributed by atoms with Crippen LogP contribution in [-0.2, 0) is 4.74 Å². The Kier molecular flexibility index (Phi) is 6.70. The van der Waals surface area contributed by atoms with Crippen molar-refractivity contribution in [3.8, 4) is 11.5 Å². The summed E-state index contributed by atoms with van der Waals surface area (Å²) < 4.78 is 18.9. The van der Waals surface area contributed by atoms with Crippen LogP contribution in [0.25, 0.3) is 10.9 Å². The average Bonchev–Trinajstić information content (AvgIpc) is 2.72. The van der Waals surface area contributed by atoms with Crippen LogP contribution in [-0.4, -0.2) is 80.1 Å². The molecule has 0 saturated carbocycles. The van der Waals surface area contributed by atoms with Gasteiger partial charge in [0.15, 0.2) is 0 Å². The minimum atomic E-state index is 0.107. The third-order valence-electron chi connectivity index (χ3n) is 5.86. The first-order valence-corrected chi connectivity index (χ1v) is 10.9. The van der Waals surface area contributed by atoms with Crippen LogP contribution in [0.2, 0.25) is 5.15 Å². The van der Waals surface area contributed by atoms with Gasteiger partial charge in [-0.3, -0.25) is 0 Å². The molecule has 1 aromatic carbocycles. The van der Waals surface area contributed by atoms with Gasteiger partial charge in [0.25, 0.3) is 0 Å². The van der Waals surface area contributed by atoms with Gasteiger partial charge in [0, 0.05) is 44.5 Å². The summed E-state index contributed by atoms with van der Waals surface area (Å²) in [6.45, 7) is 7.76. The number of nitrogens with one attached hydrogen (secondary N) is 1. The molecule has 0 atom stereocenters. The number of rotatable bonds is 7. The first-order chi connectivity index (χ1) is 14.1. The molecule has 7 nitrogen and oxygen atoms in total. The lowest BCUT2D eigenvalue weighted by Gasteiger charge is -2.38. The van der Waals surface area contributed by atoms with Crippen LogP contribution in [0.5, 0.6) is 11.5 Å². The number of halogens is 1. The van der Waals surface area contributed by atoms with Crippen molar-refractivity contribution in [2.45, 2.75) is 25.4 Å². The van der Waals surface area contributed by atoms with E-state index in [1.54, 1.807) is 0 Å². The SMILES string of the molecule is C[N+]1(CCCOc2cc(OC3CCOCC3)c3c(Cl)ncnc3c2)CCNCC1. The third kappa shape index (κ3) is 5.28. The van der Waals surface area contributed by atoms with E-state index in [4.69, 9.17) is 25.8 Å². The molecule has 0 radical (unpaired) electrons. The van der Waals surface area contributed by atoms with Crippen molar-refractivity contribution in [3.05, 3.63) is 23.6 Å². The van der Waals surface area contributed by atoms with E-state index in [0.717, 1.165) is 73.2 Å². The highest BCUT2D eigenvalue weighted by atomic mass is 35.5. The summed E-state index contributed by atoms with van der Waals surface area (Å²) in [6.07, 6.45) is 4.32. The summed E-state index contributed by atoms with van der Waals surface area (Å²) >= 11 is 6.36. The average molecular weight is 422 g/mol. The topological polar surface area (TPSA) is 65.5 Å². The number of hydrogen-bond donors (Lipinski definition) is 1. The molecule has 2 fully saturated rings. The highest BCUT2D eigenvalue weighted by Crippen LogP contribution is 2.35. The van der Waals surface area contributed by atoms with E-state index in [9.17, 15) is 0 Å². The van der Waals surface area contributed by atoms with Crippen LogP contribution >= 0.6 is 11.6 Å². The molecule has 0 unspecified atom stereocenters. The number of benzene rings is 1. The Morgan fingerprint density at radius 2 is 2.00 bits per heavy atom. The Labute approximate surface area is 176 Å². The molecule has 2 saturated heterocycles. The van der Waals surface area contributed by atoms with Gasteiger partial charge in [-0.2, -0.15) is 0 Å².